The van der Waals surface area contributed by atoms with Gasteiger partial charge in [-0.05, 0) is 18.6 Å². The van der Waals surface area contributed by atoms with Crippen molar-refractivity contribution in [2.24, 2.45) is 0 Å². The lowest BCUT2D eigenvalue weighted by atomic mass is 10.3. The van der Waals surface area contributed by atoms with Gasteiger partial charge in [-0.25, -0.2) is 0 Å². The third-order valence-corrected chi connectivity index (χ3v) is 1.22. The molecule has 0 aromatic heterocycles. The molecule has 6 heteroatoms. The fourth-order valence-electron chi connectivity index (χ4n) is 0.737. The van der Waals surface area contributed by atoms with Crippen molar-refractivity contribution < 1.29 is 13.2 Å². The van der Waals surface area contributed by atoms with Crippen molar-refractivity contribution in [3.63, 3.8) is 0 Å². The highest BCUT2D eigenvalue weighted by Crippen LogP contribution is 2.07. The van der Waals surface area contributed by atoms with E-state index in [0.29, 0.717) is 0 Å². The van der Waals surface area contributed by atoms with Crippen LogP contribution in [0.15, 0.2) is 30.3 Å². The maximum absolute atomic E-state index is 9.16. The van der Waals surface area contributed by atoms with Crippen molar-refractivity contribution in [2.75, 3.05) is 6.61 Å². The van der Waals surface area contributed by atoms with Gasteiger partial charge < -0.3 is 4.74 Å². The first-order chi connectivity index (χ1) is 6.93. The van der Waals surface area contributed by atoms with Crippen LogP contribution in [0.3, 0.4) is 0 Å². The molecule has 0 bridgehead atoms. The molecule has 1 aromatic rings. The van der Waals surface area contributed by atoms with Crippen LogP contribution in [0.1, 0.15) is 13.3 Å². The summed E-state index contributed by atoms with van der Waals surface area (Å²) in [5.74, 6) is 0.962. The monoisotopic (exact) mass is 270 g/mol. The summed E-state index contributed by atoms with van der Waals surface area (Å²) < 4.78 is 23.7. The van der Waals surface area contributed by atoms with Crippen LogP contribution in [0.25, 0.3) is 0 Å². The Bertz CT molecular complexity index is 343. The summed E-state index contributed by atoms with van der Waals surface area (Å²) in [4.78, 5) is 0. The predicted octanol–water partition coefficient (Wildman–Crippen LogP) is 3.18. The Morgan fingerprint density at radius 2 is 1.67 bits per heavy atom. The third-order valence-electron chi connectivity index (χ3n) is 1.22. The maximum atomic E-state index is 9.16. The van der Waals surface area contributed by atoms with Gasteiger partial charge in [-0.15, -0.1) is 0 Å². The van der Waals surface area contributed by atoms with Crippen molar-refractivity contribution in [2.45, 2.75) is 13.3 Å². The molecule has 86 valence electrons. The average Bonchev–Trinajstić information content (AvgIpc) is 2.14. The van der Waals surface area contributed by atoms with Gasteiger partial charge in [0.25, 0.3) is 0 Å². The highest BCUT2D eigenvalue weighted by molar-refractivity contribution is 8.31. The van der Waals surface area contributed by atoms with Crippen molar-refractivity contribution in [1.82, 2.24) is 0 Å². The topological polar surface area (TPSA) is 43.4 Å². The largest absolute Gasteiger partial charge is 0.494 e. The van der Waals surface area contributed by atoms with Gasteiger partial charge in [-0.3, -0.25) is 0 Å². The lowest BCUT2D eigenvalue weighted by Gasteiger charge is -2.01. The smallest absolute Gasteiger partial charge is 0.317 e. The summed E-state index contributed by atoms with van der Waals surface area (Å²) in [7, 11) is 4.81. The molecule has 1 aromatic carbocycles. The summed E-state index contributed by atoms with van der Waals surface area (Å²) in [6.45, 7) is 2.91. The molecule has 0 unspecified atom stereocenters. The number of halogens is 2. The van der Waals surface area contributed by atoms with E-state index in [0.717, 1.165) is 18.8 Å². The zero-order valence-corrected chi connectivity index (χ0v) is 10.5. The molecule has 0 spiro atoms. The molecule has 3 nitrogen and oxygen atoms in total. The maximum Gasteiger partial charge on any atom is 0.317 e. The summed E-state index contributed by atoms with van der Waals surface area (Å²) in [5.41, 5.74) is 0. The molecule has 15 heavy (non-hydrogen) atoms. The molecule has 0 aliphatic carbocycles. The van der Waals surface area contributed by atoms with Crippen molar-refractivity contribution in [1.29, 1.82) is 0 Å². The average molecular weight is 271 g/mol. The summed E-state index contributed by atoms with van der Waals surface area (Å²) in [5, 5.41) is 0. The molecule has 0 saturated heterocycles. The fraction of sp³-hybridized carbons (Fsp3) is 0.333. The number of hydrogen-bond donors (Lipinski definition) is 0. The summed E-state index contributed by atoms with van der Waals surface area (Å²) in [6, 6.07) is 9.88. The quantitative estimate of drug-likeness (QED) is 0.793. The Labute approximate surface area is 98.9 Å². The molecule has 0 heterocycles. The van der Waals surface area contributed by atoms with E-state index in [1.165, 1.54) is 0 Å². The van der Waals surface area contributed by atoms with Crippen LogP contribution >= 0.6 is 21.4 Å². The summed E-state index contributed by atoms with van der Waals surface area (Å²) in [6.07, 6.45) is 1.06. The van der Waals surface area contributed by atoms with Crippen LogP contribution in [0.5, 0.6) is 5.75 Å². The highest BCUT2D eigenvalue weighted by atomic mass is 36.0. The van der Waals surface area contributed by atoms with Crippen molar-refractivity contribution in [3.8, 4) is 5.75 Å². The van der Waals surface area contributed by atoms with E-state index in [4.69, 9.17) is 13.2 Å². The fourth-order valence-corrected chi connectivity index (χ4v) is 0.737. The Morgan fingerprint density at radius 1 is 1.20 bits per heavy atom. The molecule has 0 radical (unpaired) electrons. The van der Waals surface area contributed by atoms with Gasteiger partial charge in [-0.2, -0.15) is 8.42 Å². The van der Waals surface area contributed by atoms with Gasteiger partial charge in [0.2, 0.25) is 0 Å². The van der Waals surface area contributed by atoms with Crippen molar-refractivity contribution in [3.05, 3.63) is 30.3 Å². The number of benzene rings is 1. The highest BCUT2D eigenvalue weighted by Gasteiger charge is 1.88. The molecule has 0 saturated carbocycles. The number of ether oxygens (including phenoxy) is 1. The first kappa shape index (κ1) is 14.5. The van der Waals surface area contributed by atoms with Crippen LogP contribution in [0.4, 0.5) is 0 Å². The second-order valence-electron chi connectivity index (χ2n) is 2.54. The van der Waals surface area contributed by atoms with E-state index in [1.54, 1.807) is 0 Å². The number of hydrogen-bond acceptors (Lipinski definition) is 3. The van der Waals surface area contributed by atoms with Crippen LogP contribution in [0.2, 0.25) is 0 Å². The first-order valence-corrected chi connectivity index (χ1v) is 7.39. The van der Waals surface area contributed by atoms with Crippen LogP contribution < -0.4 is 4.74 Å². The molecule has 0 aliphatic rings. The molecule has 0 fully saturated rings. The number of para-hydroxylation sites is 1. The van der Waals surface area contributed by atoms with Gasteiger partial charge in [-0.1, -0.05) is 25.1 Å². The standard InChI is InChI=1S/C9H12O.Cl2O2S/c1-2-8-10-9-6-4-3-5-7-9;1-5(2,3)4/h3-7H,2,8H2,1H3;. The van der Waals surface area contributed by atoms with Crippen LogP contribution in [-0.2, 0) is 8.26 Å². The van der Waals surface area contributed by atoms with Crippen LogP contribution in [0, 0.1) is 0 Å². The first-order valence-electron chi connectivity index (χ1n) is 4.25. The SMILES string of the molecule is CCCOc1ccccc1.O=S(=O)(Cl)Cl. The van der Waals surface area contributed by atoms with E-state index in [9.17, 15) is 0 Å². The zero-order chi connectivity index (χ0) is 11.7. The normalized spacial score (nSPS) is 10.1. The minimum Gasteiger partial charge on any atom is -0.494 e. The second-order valence-corrected chi connectivity index (χ2v) is 6.21. The van der Waals surface area contributed by atoms with E-state index in [1.807, 2.05) is 30.3 Å². The minimum absolute atomic E-state index is 0.810. The predicted molar refractivity (Wildman–Crippen MR) is 62.9 cm³/mol. The number of rotatable bonds is 3. The Hall–Kier alpha value is -0.450. The van der Waals surface area contributed by atoms with Gasteiger partial charge in [0.1, 0.15) is 5.75 Å². The molecule has 0 amide bonds. The van der Waals surface area contributed by atoms with E-state index in [2.05, 4.69) is 28.3 Å². The lowest BCUT2D eigenvalue weighted by Crippen LogP contribution is -1.93. The second kappa shape index (κ2) is 7.79. The van der Waals surface area contributed by atoms with Crippen molar-refractivity contribution >= 4 is 29.6 Å². The third kappa shape index (κ3) is 13.5. The Morgan fingerprint density at radius 3 is 2.07 bits per heavy atom. The zero-order valence-electron chi connectivity index (χ0n) is 8.19. The minimum atomic E-state index is -3.72. The van der Waals surface area contributed by atoms with Gasteiger partial charge >= 0.3 is 8.26 Å². The molecule has 0 N–H and O–H groups in total. The van der Waals surface area contributed by atoms with Gasteiger partial charge in [0.05, 0.1) is 6.61 Å². The lowest BCUT2D eigenvalue weighted by molar-refractivity contribution is 0.317. The molecular weight excluding hydrogens is 259 g/mol. The van der Waals surface area contributed by atoms with Gasteiger partial charge in [0, 0.05) is 21.4 Å². The molecule has 0 atom stereocenters. The van der Waals surface area contributed by atoms with E-state index in [-0.39, 0.29) is 0 Å². The Balaban J connectivity index is 0.000000336. The molecular formula is C9H12Cl2O3S. The Kier molecular flexibility index (Phi) is 7.56. The van der Waals surface area contributed by atoms with E-state index < -0.39 is 8.26 Å². The molecule has 1 rings (SSSR count). The molecule has 0 aliphatic heterocycles. The van der Waals surface area contributed by atoms with Gasteiger partial charge in [0.15, 0.2) is 0 Å². The summed E-state index contributed by atoms with van der Waals surface area (Å²) >= 11 is 0. The van der Waals surface area contributed by atoms with Crippen LogP contribution in [-0.4, -0.2) is 15.0 Å². The van der Waals surface area contributed by atoms with E-state index >= 15 is 0 Å².